The summed E-state index contributed by atoms with van der Waals surface area (Å²) >= 11 is 0. The maximum absolute atomic E-state index is 1.50. The number of hydrogen-bond donors (Lipinski definition) is 0. The fraction of sp³-hybridized carbons (Fsp3) is 1.00. The van der Waals surface area contributed by atoms with Gasteiger partial charge in [0.25, 0.3) is 0 Å². The smallest absolute Gasteiger partial charge is 0.129 e. The molecule has 0 aromatic rings. The highest BCUT2D eigenvalue weighted by molar-refractivity contribution is 4.61. The van der Waals surface area contributed by atoms with Gasteiger partial charge in [0, 0.05) is 0 Å². The molecule has 1 spiro atoms. The van der Waals surface area contributed by atoms with E-state index in [-0.39, 0.29) is 0 Å². The third kappa shape index (κ3) is 0.655. The maximum Gasteiger partial charge on any atom is 0.129 e. The molecule has 2 aliphatic rings. The van der Waals surface area contributed by atoms with Gasteiger partial charge in [0.15, 0.2) is 0 Å². The van der Waals surface area contributed by atoms with Gasteiger partial charge in [-0.2, -0.15) is 0 Å². The number of rotatable bonds is 0. The van der Waals surface area contributed by atoms with Crippen LogP contribution in [0, 0.1) is 0 Å². The molecule has 2 rings (SSSR count). The summed E-state index contributed by atoms with van der Waals surface area (Å²) in [4.78, 5) is 0. The second kappa shape index (κ2) is 1.47. The van der Waals surface area contributed by atoms with Crippen LogP contribution in [0.4, 0.5) is 0 Å². The Hall–Kier alpha value is -0.0400. The lowest BCUT2D eigenvalue weighted by Crippen LogP contribution is -2.31. The molecule has 2 saturated heterocycles. The minimum absolute atomic E-state index is 1.50. The molecule has 0 bridgehead atoms. The van der Waals surface area contributed by atoms with E-state index in [0.717, 1.165) is 0 Å². The molecular formula is C7H14N+. The van der Waals surface area contributed by atoms with Crippen molar-refractivity contribution in [2.24, 2.45) is 0 Å². The van der Waals surface area contributed by atoms with Crippen LogP contribution in [0.25, 0.3) is 0 Å². The second-order valence-electron chi connectivity index (χ2n) is 3.30. The number of piperidine rings is 1. The quantitative estimate of drug-likeness (QED) is 0.324. The van der Waals surface area contributed by atoms with Crippen molar-refractivity contribution >= 4 is 0 Å². The lowest BCUT2D eigenvalue weighted by atomic mass is 10.1. The van der Waals surface area contributed by atoms with Crippen molar-refractivity contribution in [1.29, 1.82) is 0 Å². The molecule has 0 radical (unpaired) electrons. The monoisotopic (exact) mass is 112 g/mol. The van der Waals surface area contributed by atoms with Crippen LogP contribution in [-0.4, -0.2) is 30.7 Å². The highest BCUT2D eigenvalue weighted by Crippen LogP contribution is 2.27. The molecule has 46 valence electrons. The van der Waals surface area contributed by atoms with Gasteiger partial charge in [-0.1, -0.05) is 0 Å². The molecule has 0 N–H and O–H groups in total. The van der Waals surface area contributed by atoms with E-state index in [9.17, 15) is 0 Å². The van der Waals surface area contributed by atoms with Crippen LogP contribution >= 0.6 is 0 Å². The molecule has 2 heterocycles. The third-order valence-corrected chi connectivity index (χ3v) is 2.62. The van der Waals surface area contributed by atoms with Crippen LogP contribution in [0.15, 0.2) is 0 Å². The van der Waals surface area contributed by atoms with Crippen molar-refractivity contribution in [3.63, 3.8) is 0 Å². The summed E-state index contributed by atoms with van der Waals surface area (Å²) < 4.78 is 1.50. The molecule has 0 atom stereocenters. The average molecular weight is 112 g/mol. The Labute approximate surface area is 50.9 Å². The van der Waals surface area contributed by atoms with Gasteiger partial charge in [0.2, 0.25) is 0 Å². The Kier molecular flexibility index (Phi) is 0.884. The Morgan fingerprint density at radius 2 is 1.25 bits per heavy atom. The summed E-state index contributed by atoms with van der Waals surface area (Å²) in [5, 5.41) is 0. The highest BCUT2D eigenvalue weighted by atomic mass is 15.5. The first-order valence-electron chi connectivity index (χ1n) is 3.76. The Balaban J connectivity index is 1.95. The van der Waals surface area contributed by atoms with E-state index < -0.39 is 0 Å². The zero-order valence-electron chi connectivity index (χ0n) is 5.40. The fourth-order valence-corrected chi connectivity index (χ4v) is 1.77. The van der Waals surface area contributed by atoms with Gasteiger partial charge in [-0.25, -0.2) is 0 Å². The van der Waals surface area contributed by atoms with E-state index in [4.69, 9.17) is 0 Å². The van der Waals surface area contributed by atoms with Gasteiger partial charge in [-0.3, -0.25) is 0 Å². The predicted octanol–water partition coefficient (Wildman–Crippen LogP) is 1.00. The lowest BCUT2D eigenvalue weighted by molar-refractivity contribution is -0.805. The Morgan fingerprint density at radius 1 is 0.625 bits per heavy atom. The molecule has 0 aromatic carbocycles. The van der Waals surface area contributed by atoms with Crippen LogP contribution in [0.3, 0.4) is 0 Å². The van der Waals surface area contributed by atoms with Crippen molar-refractivity contribution < 1.29 is 4.48 Å². The van der Waals surface area contributed by atoms with Gasteiger partial charge in [-0.05, 0) is 19.3 Å². The van der Waals surface area contributed by atoms with E-state index in [2.05, 4.69) is 0 Å². The topological polar surface area (TPSA) is 0 Å². The van der Waals surface area contributed by atoms with Crippen LogP contribution in [0.2, 0.25) is 0 Å². The zero-order chi connectivity index (χ0) is 5.45. The molecular weight excluding hydrogens is 98.1 g/mol. The standard InChI is InChI=1S/C7H14N/c1-2-4-8(5-3-1)6-7-8/h1-7H2/q+1. The van der Waals surface area contributed by atoms with Crippen molar-refractivity contribution in [2.45, 2.75) is 19.3 Å². The van der Waals surface area contributed by atoms with Crippen LogP contribution in [0.5, 0.6) is 0 Å². The lowest BCUT2D eigenvalue weighted by Gasteiger charge is -2.22. The molecule has 0 aromatic heterocycles. The molecule has 1 heteroatoms. The maximum atomic E-state index is 1.50. The van der Waals surface area contributed by atoms with Crippen molar-refractivity contribution in [3.05, 3.63) is 0 Å². The first kappa shape index (κ1) is 4.80. The molecule has 0 unspecified atom stereocenters. The van der Waals surface area contributed by atoms with E-state index in [0.29, 0.717) is 0 Å². The third-order valence-electron chi connectivity index (χ3n) is 2.62. The van der Waals surface area contributed by atoms with Gasteiger partial charge >= 0.3 is 0 Å². The molecule has 1 nitrogen and oxygen atoms in total. The summed E-state index contributed by atoms with van der Waals surface area (Å²) in [6.45, 7) is 6.00. The van der Waals surface area contributed by atoms with Crippen molar-refractivity contribution in [3.8, 4) is 0 Å². The molecule has 0 aliphatic carbocycles. The average Bonchev–Trinajstić information content (AvgIpc) is 2.52. The predicted molar refractivity (Wildman–Crippen MR) is 33.6 cm³/mol. The summed E-state index contributed by atoms with van der Waals surface area (Å²) in [5.74, 6) is 0. The number of nitrogens with zero attached hydrogens (tertiary/aromatic N) is 1. The SMILES string of the molecule is C1CC[N+]2(CC1)CC2. The van der Waals surface area contributed by atoms with Gasteiger partial charge in [0.05, 0.1) is 13.1 Å². The summed E-state index contributed by atoms with van der Waals surface area (Å²) in [7, 11) is 0. The largest absolute Gasteiger partial charge is 0.314 e. The second-order valence-corrected chi connectivity index (χ2v) is 3.30. The Bertz CT molecular complexity index is 86.6. The first-order chi connectivity index (χ1) is 3.91. The summed E-state index contributed by atoms with van der Waals surface area (Å²) in [6.07, 6.45) is 4.50. The minimum Gasteiger partial charge on any atom is -0.314 e. The van der Waals surface area contributed by atoms with E-state index in [1.54, 1.807) is 0 Å². The summed E-state index contributed by atoms with van der Waals surface area (Å²) in [5.41, 5.74) is 0. The van der Waals surface area contributed by atoms with Crippen molar-refractivity contribution in [1.82, 2.24) is 0 Å². The van der Waals surface area contributed by atoms with Crippen molar-refractivity contribution in [2.75, 3.05) is 26.2 Å². The Morgan fingerprint density at radius 3 is 1.62 bits per heavy atom. The highest BCUT2D eigenvalue weighted by Gasteiger charge is 2.42. The summed E-state index contributed by atoms with van der Waals surface area (Å²) in [6, 6.07) is 0. The molecule has 2 fully saturated rings. The minimum atomic E-state index is 1.50. The first-order valence-corrected chi connectivity index (χ1v) is 3.76. The molecule has 8 heavy (non-hydrogen) atoms. The molecule has 0 saturated carbocycles. The van der Waals surface area contributed by atoms with Gasteiger partial charge in [0.1, 0.15) is 13.1 Å². The number of quaternary nitrogens is 1. The molecule has 2 aliphatic heterocycles. The van der Waals surface area contributed by atoms with Crippen LogP contribution in [0.1, 0.15) is 19.3 Å². The fourth-order valence-electron chi connectivity index (χ4n) is 1.77. The van der Waals surface area contributed by atoms with E-state index in [1.165, 1.54) is 49.9 Å². The van der Waals surface area contributed by atoms with Crippen LogP contribution < -0.4 is 0 Å². The molecule has 0 amide bonds. The number of hydrogen-bond acceptors (Lipinski definition) is 0. The van der Waals surface area contributed by atoms with Gasteiger partial charge < -0.3 is 4.48 Å². The zero-order valence-corrected chi connectivity index (χ0v) is 5.40. The van der Waals surface area contributed by atoms with Gasteiger partial charge in [-0.15, -0.1) is 0 Å². The normalized spacial score (nSPS) is 33.0. The van der Waals surface area contributed by atoms with E-state index in [1.807, 2.05) is 0 Å². The van der Waals surface area contributed by atoms with E-state index >= 15 is 0 Å². The van der Waals surface area contributed by atoms with Crippen LogP contribution in [-0.2, 0) is 0 Å².